The van der Waals surface area contributed by atoms with Gasteiger partial charge in [-0.15, -0.1) is 0 Å². The molecule has 0 saturated carbocycles. The van der Waals surface area contributed by atoms with E-state index >= 15 is 0 Å². The molecule has 0 bridgehead atoms. The zero-order chi connectivity index (χ0) is 14.8. The summed E-state index contributed by atoms with van der Waals surface area (Å²) < 4.78 is 2.06. The zero-order valence-electron chi connectivity index (χ0n) is 13.2. The summed E-state index contributed by atoms with van der Waals surface area (Å²) in [7, 11) is 0. The second-order valence-electron chi connectivity index (χ2n) is 6.25. The summed E-state index contributed by atoms with van der Waals surface area (Å²) in [4.78, 5) is 2.49. The molecule has 20 heavy (non-hydrogen) atoms. The zero-order valence-corrected chi connectivity index (χ0v) is 13.9. The number of nitrogens with one attached hydrogen (secondary N) is 1. The molecule has 0 radical (unpaired) electrons. The van der Waals surface area contributed by atoms with Crippen molar-refractivity contribution in [3.63, 3.8) is 0 Å². The maximum Gasteiger partial charge on any atom is 0.0863 e. The van der Waals surface area contributed by atoms with E-state index in [9.17, 15) is 0 Å². The molecule has 4 nitrogen and oxygen atoms in total. The molecule has 0 atom stereocenters. The number of aromatic nitrogens is 2. The van der Waals surface area contributed by atoms with E-state index in [4.69, 9.17) is 11.6 Å². The van der Waals surface area contributed by atoms with E-state index in [2.05, 4.69) is 47.7 Å². The lowest BCUT2D eigenvalue weighted by Gasteiger charge is -2.30. The Morgan fingerprint density at radius 2 is 2.10 bits per heavy atom. The number of aryl methyl sites for hydroxylation is 2. The van der Waals surface area contributed by atoms with Crippen LogP contribution in [0.3, 0.4) is 0 Å². The van der Waals surface area contributed by atoms with Gasteiger partial charge < -0.3 is 5.32 Å². The Morgan fingerprint density at radius 3 is 2.75 bits per heavy atom. The Hall–Kier alpha value is -0.580. The third-order valence-electron chi connectivity index (χ3n) is 3.94. The van der Waals surface area contributed by atoms with Crippen molar-refractivity contribution < 1.29 is 0 Å². The Bertz CT molecular complexity index is 453. The van der Waals surface area contributed by atoms with Gasteiger partial charge in [0.15, 0.2) is 0 Å². The summed E-state index contributed by atoms with van der Waals surface area (Å²) in [6.07, 6.45) is 2.08. The maximum absolute atomic E-state index is 6.51. The van der Waals surface area contributed by atoms with Crippen molar-refractivity contribution in [2.24, 2.45) is 0 Å². The van der Waals surface area contributed by atoms with Gasteiger partial charge in [-0.3, -0.25) is 9.58 Å². The van der Waals surface area contributed by atoms with Crippen molar-refractivity contribution in [2.45, 2.75) is 59.2 Å². The number of hydrogen-bond donors (Lipinski definition) is 1. The van der Waals surface area contributed by atoms with Gasteiger partial charge in [-0.1, -0.05) is 18.5 Å². The summed E-state index contributed by atoms with van der Waals surface area (Å²) in [6, 6.07) is 0. The lowest BCUT2D eigenvalue weighted by Crippen LogP contribution is -2.46. The van der Waals surface area contributed by atoms with Gasteiger partial charge in [0, 0.05) is 25.2 Å². The fraction of sp³-hybridized carbons (Fsp3) is 0.800. The van der Waals surface area contributed by atoms with E-state index < -0.39 is 0 Å². The van der Waals surface area contributed by atoms with E-state index in [0.717, 1.165) is 49.9 Å². The van der Waals surface area contributed by atoms with Gasteiger partial charge >= 0.3 is 0 Å². The quantitative estimate of drug-likeness (QED) is 0.928. The van der Waals surface area contributed by atoms with Crippen molar-refractivity contribution in [2.75, 3.05) is 19.6 Å². The fourth-order valence-corrected chi connectivity index (χ4v) is 3.27. The monoisotopic (exact) mass is 298 g/mol. The van der Waals surface area contributed by atoms with E-state index in [1.54, 1.807) is 0 Å². The molecular formula is C15H27ClN4. The fourth-order valence-electron chi connectivity index (χ4n) is 2.94. The average molecular weight is 299 g/mol. The summed E-state index contributed by atoms with van der Waals surface area (Å²) in [6.45, 7) is 13.8. The molecule has 0 amide bonds. The molecule has 1 N–H and O–H groups in total. The highest BCUT2D eigenvalue weighted by Gasteiger charge is 2.25. The molecule has 1 aliphatic rings. The molecule has 114 valence electrons. The average Bonchev–Trinajstić information content (AvgIpc) is 2.59. The Labute approximate surface area is 127 Å². The topological polar surface area (TPSA) is 33.1 Å². The summed E-state index contributed by atoms with van der Waals surface area (Å²) in [5.41, 5.74) is 2.35. The smallest absolute Gasteiger partial charge is 0.0863 e. The number of rotatable bonds is 4. The van der Waals surface area contributed by atoms with Crippen molar-refractivity contribution in [3.8, 4) is 0 Å². The molecule has 1 fully saturated rings. The second-order valence-corrected chi connectivity index (χ2v) is 6.63. The first-order valence-electron chi connectivity index (χ1n) is 7.68. The van der Waals surface area contributed by atoms with Crippen molar-refractivity contribution in [1.82, 2.24) is 20.0 Å². The predicted octanol–water partition coefficient (Wildman–Crippen LogP) is 2.69. The van der Waals surface area contributed by atoms with Crippen LogP contribution < -0.4 is 5.32 Å². The normalized spacial score (nSPS) is 20.1. The minimum absolute atomic E-state index is 0.160. The lowest BCUT2D eigenvalue weighted by molar-refractivity contribution is 0.218. The van der Waals surface area contributed by atoms with Gasteiger partial charge in [0.1, 0.15) is 0 Å². The van der Waals surface area contributed by atoms with E-state index in [1.165, 1.54) is 12.1 Å². The van der Waals surface area contributed by atoms with Gasteiger partial charge in [-0.2, -0.15) is 5.10 Å². The summed E-state index contributed by atoms with van der Waals surface area (Å²) in [5, 5.41) is 9.08. The van der Waals surface area contributed by atoms with Crippen LogP contribution in [0.5, 0.6) is 0 Å². The van der Waals surface area contributed by atoms with Crippen LogP contribution in [0, 0.1) is 0 Å². The number of halogens is 1. The Kier molecular flexibility index (Phi) is 5.10. The van der Waals surface area contributed by atoms with Crippen LogP contribution in [0.25, 0.3) is 0 Å². The number of nitrogens with zero attached hydrogens (tertiary/aromatic N) is 3. The molecule has 0 unspecified atom stereocenters. The minimum atomic E-state index is 0.160. The van der Waals surface area contributed by atoms with Crippen LogP contribution in [-0.4, -0.2) is 39.9 Å². The van der Waals surface area contributed by atoms with Gasteiger partial charge in [0.05, 0.1) is 16.4 Å². The first-order valence-corrected chi connectivity index (χ1v) is 8.06. The van der Waals surface area contributed by atoms with Crippen molar-refractivity contribution in [3.05, 3.63) is 16.4 Å². The highest BCUT2D eigenvalue weighted by atomic mass is 35.5. The Balaban J connectivity index is 2.18. The molecule has 0 spiro atoms. The van der Waals surface area contributed by atoms with Gasteiger partial charge in [-0.25, -0.2) is 0 Å². The molecular weight excluding hydrogens is 272 g/mol. The van der Waals surface area contributed by atoms with Gasteiger partial charge in [0.25, 0.3) is 0 Å². The summed E-state index contributed by atoms with van der Waals surface area (Å²) in [5.74, 6) is 0. The third kappa shape index (κ3) is 3.54. The van der Waals surface area contributed by atoms with Crippen LogP contribution >= 0.6 is 11.6 Å². The maximum atomic E-state index is 6.51. The molecule has 2 rings (SSSR count). The first kappa shape index (κ1) is 15.8. The van der Waals surface area contributed by atoms with Crippen LogP contribution in [0.15, 0.2) is 0 Å². The molecule has 0 aliphatic carbocycles. The van der Waals surface area contributed by atoms with Crippen LogP contribution in [-0.2, 0) is 19.5 Å². The largest absolute Gasteiger partial charge is 0.310 e. The molecule has 0 aromatic carbocycles. The second kappa shape index (κ2) is 6.46. The summed E-state index contributed by atoms with van der Waals surface area (Å²) >= 11 is 6.51. The van der Waals surface area contributed by atoms with Crippen LogP contribution in [0.1, 0.15) is 45.5 Å². The molecule has 1 aliphatic heterocycles. The molecule has 1 aromatic heterocycles. The van der Waals surface area contributed by atoms with E-state index in [0.29, 0.717) is 0 Å². The molecule has 2 heterocycles. The standard InChI is InChI=1S/C15H27ClN4/c1-5-12-14(16)13(20(6-2)18-12)10-19-9-7-8-17-15(3,4)11-19/h17H,5-11H2,1-4H3. The van der Waals surface area contributed by atoms with Gasteiger partial charge in [0.2, 0.25) is 0 Å². The lowest BCUT2D eigenvalue weighted by atomic mass is 10.1. The van der Waals surface area contributed by atoms with Gasteiger partial charge in [-0.05, 0) is 46.7 Å². The molecule has 1 aromatic rings. The van der Waals surface area contributed by atoms with Crippen molar-refractivity contribution >= 4 is 11.6 Å². The first-order chi connectivity index (χ1) is 9.46. The minimum Gasteiger partial charge on any atom is -0.310 e. The molecule has 5 heteroatoms. The predicted molar refractivity (Wildman–Crippen MR) is 84.3 cm³/mol. The highest BCUT2D eigenvalue weighted by molar-refractivity contribution is 6.31. The van der Waals surface area contributed by atoms with E-state index in [1.807, 2.05) is 0 Å². The van der Waals surface area contributed by atoms with E-state index in [-0.39, 0.29) is 5.54 Å². The van der Waals surface area contributed by atoms with Crippen molar-refractivity contribution in [1.29, 1.82) is 0 Å². The number of hydrogen-bond acceptors (Lipinski definition) is 3. The van der Waals surface area contributed by atoms with Crippen LogP contribution in [0.4, 0.5) is 0 Å². The van der Waals surface area contributed by atoms with Crippen LogP contribution in [0.2, 0.25) is 5.02 Å². The third-order valence-corrected chi connectivity index (χ3v) is 4.38. The SMILES string of the molecule is CCc1nn(CC)c(CN2CCCNC(C)(C)C2)c1Cl. The highest BCUT2D eigenvalue weighted by Crippen LogP contribution is 2.24. The Morgan fingerprint density at radius 1 is 1.35 bits per heavy atom. The molecule has 1 saturated heterocycles.